The van der Waals surface area contributed by atoms with Crippen LogP contribution in [-0.2, 0) is 0 Å². The van der Waals surface area contributed by atoms with E-state index in [1.54, 1.807) is 5.57 Å². The highest BCUT2D eigenvalue weighted by atomic mass is 28.1. The molecule has 0 spiro atoms. The number of hydrogen-bond acceptors (Lipinski definition) is 0. The molecule has 0 N–H and O–H groups in total. The van der Waals surface area contributed by atoms with E-state index in [1.807, 2.05) is 0 Å². The van der Waals surface area contributed by atoms with E-state index in [-0.39, 0.29) is 0 Å². The third kappa shape index (κ3) is 1.84. The Morgan fingerprint density at radius 2 is 2.40 bits per heavy atom. The SMILES string of the molecule is CCCCC1=CC=CC1[SiH3]. The van der Waals surface area contributed by atoms with E-state index >= 15 is 0 Å². The van der Waals surface area contributed by atoms with Crippen molar-refractivity contribution in [1.82, 2.24) is 0 Å². The molecule has 0 amide bonds. The van der Waals surface area contributed by atoms with Crippen LogP contribution in [0.15, 0.2) is 23.8 Å². The van der Waals surface area contributed by atoms with Crippen molar-refractivity contribution in [2.75, 3.05) is 0 Å². The minimum absolute atomic E-state index is 0.853. The van der Waals surface area contributed by atoms with Gasteiger partial charge in [-0.3, -0.25) is 0 Å². The summed E-state index contributed by atoms with van der Waals surface area (Å²) in [4.78, 5) is 0. The Balaban J connectivity index is 2.30. The second-order valence-corrected chi connectivity index (χ2v) is 4.26. The average Bonchev–Trinajstić information content (AvgIpc) is 2.31. The first-order valence-corrected chi connectivity index (χ1v) is 5.37. The lowest BCUT2D eigenvalue weighted by Gasteiger charge is -2.05. The second kappa shape index (κ2) is 3.77. The lowest BCUT2D eigenvalue weighted by atomic mass is 10.1. The van der Waals surface area contributed by atoms with E-state index < -0.39 is 0 Å². The van der Waals surface area contributed by atoms with Crippen LogP contribution in [0.1, 0.15) is 26.2 Å². The van der Waals surface area contributed by atoms with Gasteiger partial charge in [-0.25, -0.2) is 0 Å². The lowest BCUT2D eigenvalue weighted by Crippen LogP contribution is -1.89. The fraction of sp³-hybridized carbons (Fsp3) is 0.556. The van der Waals surface area contributed by atoms with Crippen LogP contribution in [-0.4, -0.2) is 10.2 Å². The van der Waals surface area contributed by atoms with Crippen LogP contribution in [0.3, 0.4) is 0 Å². The fourth-order valence-electron chi connectivity index (χ4n) is 1.31. The normalized spacial score (nSPS) is 23.7. The first-order valence-electron chi connectivity index (χ1n) is 4.22. The summed E-state index contributed by atoms with van der Waals surface area (Å²) in [5, 5.41) is 0. The Bertz CT molecular complexity index is 156. The molecule has 0 bridgehead atoms. The zero-order valence-electron chi connectivity index (χ0n) is 6.93. The van der Waals surface area contributed by atoms with E-state index in [2.05, 4.69) is 25.2 Å². The molecule has 1 heteroatoms. The van der Waals surface area contributed by atoms with Gasteiger partial charge >= 0.3 is 0 Å². The van der Waals surface area contributed by atoms with Crippen molar-refractivity contribution in [3.05, 3.63) is 23.8 Å². The molecule has 0 radical (unpaired) electrons. The summed E-state index contributed by atoms with van der Waals surface area (Å²) in [6.07, 6.45) is 10.9. The third-order valence-corrected chi connectivity index (χ3v) is 3.24. The lowest BCUT2D eigenvalue weighted by molar-refractivity contribution is 0.778. The molecular formula is C9H16Si. The molecule has 0 aromatic heterocycles. The van der Waals surface area contributed by atoms with Crippen molar-refractivity contribution in [2.45, 2.75) is 31.7 Å². The van der Waals surface area contributed by atoms with Crippen LogP contribution >= 0.6 is 0 Å². The predicted molar refractivity (Wildman–Crippen MR) is 50.4 cm³/mol. The minimum atomic E-state index is 0.853. The van der Waals surface area contributed by atoms with Crippen molar-refractivity contribution in [3.63, 3.8) is 0 Å². The largest absolute Gasteiger partial charge is 0.0811 e. The number of allylic oxidation sites excluding steroid dienone is 4. The summed E-state index contributed by atoms with van der Waals surface area (Å²) in [5.74, 6) is 0. The molecule has 56 valence electrons. The maximum atomic E-state index is 2.33. The van der Waals surface area contributed by atoms with E-state index in [1.165, 1.54) is 29.5 Å². The van der Waals surface area contributed by atoms with Gasteiger partial charge in [-0.2, -0.15) is 0 Å². The molecule has 0 aromatic carbocycles. The third-order valence-electron chi connectivity index (χ3n) is 2.11. The van der Waals surface area contributed by atoms with Gasteiger partial charge in [0.05, 0.1) is 0 Å². The highest BCUT2D eigenvalue weighted by molar-refractivity contribution is 6.15. The first-order chi connectivity index (χ1) is 4.84. The Morgan fingerprint density at radius 3 is 2.90 bits per heavy atom. The monoisotopic (exact) mass is 152 g/mol. The van der Waals surface area contributed by atoms with Crippen molar-refractivity contribution in [2.24, 2.45) is 0 Å². The summed E-state index contributed by atoms with van der Waals surface area (Å²) in [5.41, 5.74) is 2.53. The molecule has 1 aliphatic carbocycles. The van der Waals surface area contributed by atoms with Gasteiger partial charge in [-0.15, -0.1) is 0 Å². The van der Waals surface area contributed by atoms with Gasteiger partial charge in [-0.1, -0.05) is 37.1 Å². The van der Waals surface area contributed by atoms with Gasteiger partial charge in [0, 0.05) is 10.2 Å². The number of unbranched alkanes of at least 4 members (excludes halogenated alkanes) is 1. The maximum absolute atomic E-state index is 2.33. The zero-order valence-corrected chi connectivity index (χ0v) is 8.93. The molecule has 0 aliphatic heterocycles. The quantitative estimate of drug-likeness (QED) is 0.541. The molecule has 0 saturated carbocycles. The highest BCUT2D eigenvalue weighted by Crippen LogP contribution is 2.25. The van der Waals surface area contributed by atoms with E-state index in [0.29, 0.717) is 0 Å². The topological polar surface area (TPSA) is 0 Å². The molecule has 0 fully saturated rings. The first kappa shape index (κ1) is 7.80. The molecule has 0 nitrogen and oxygen atoms in total. The maximum Gasteiger partial charge on any atom is 0.0166 e. The van der Waals surface area contributed by atoms with Crippen LogP contribution in [0.2, 0.25) is 5.54 Å². The summed E-state index contributed by atoms with van der Waals surface area (Å²) >= 11 is 0. The number of hydrogen-bond donors (Lipinski definition) is 0. The highest BCUT2D eigenvalue weighted by Gasteiger charge is 2.07. The van der Waals surface area contributed by atoms with Crippen molar-refractivity contribution in [3.8, 4) is 0 Å². The standard InChI is InChI=1S/C9H16Si/c1-2-3-5-8-6-4-7-9(8)10/h4,6-7,9H,2-3,5H2,1,10H3. The summed E-state index contributed by atoms with van der Waals surface area (Å²) in [6, 6.07) is 0. The molecule has 0 heterocycles. The Hall–Kier alpha value is -0.303. The smallest absolute Gasteiger partial charge is 0.0166 e. The van der Waals surface area contributed by atoms with Gasteiger partial charge < -0.3 is 0 Å². The molecule has 10 heavy (non-hydrogen) atoms. The second-order valence-electron chi connectivity index (χ2n) is 3.02. The molecular weight excluding hydrogens is 136 g/mol. The van der Waals surface area contributed by atoms with Crippen LogP contribution in [0.4, 0.5) is 0 Å². The van der Waals surface area contributed by atoms with E-state index in [0.717, 1.165) is 5.54 Å². The van der Waals surface area contributed by atoms with Crippen molar-refractivity contribution < 1.29 is 0 Å². The van der Waals surface area contributed by atoms with Gasteiger partial charge in [0.2, 0.25) is 0 Å². The summed E-state index contributed by atoms with van der Waals surface area (Å²) in [6.45, 7) is 2.25. The predicted octanol–water partition coefficient (Wildman–Crippen LogP) is 1.83. The van der Waals surface area contributed by atoms with Gasteiger partial charge in [0.15, 0.2) is 0 Å². The van der Waals surface area contributed by atoms with Gasteiger partial charge in [0.25, 0.3) is 0 Å². The van der Waals surface area contributed by atoms with Crippen LogP contribution < -0.4 is 0 Å². The molecule has 1 atom stereocenters. The van der Waals surface area contributed by atoms with Crippen molar-refractivity contribution in [1.29, 1.82) is 0 Å². The van der Waals surface area contributed by atoms with Crippen LogP contribution in [0.5, 0.6) is 0 Å². The zero-order chi connectivity index (χ0) is 7.40. The molecule has 1 unspecified atom stereocenters. The Kier molecular flexibility index (Phi) is 2.94. The summed E-state index contributed by atoms with van der Waals surface area (Å²) in [7, 11) is 1.30. The van der Waals surface area contributed by atoms with E-state index in [9.17, 15) is 0 Å². The Labute approximate surface area is 66.4 Å². The van der Waals surface area contributed by atoms with Crippen LogP contribution in [0.25, 0.3) is 0 Å². The van der Waals surface area contributed by atoms with Gasteiger partial charge in [0.1, 0.15) is 0 Å². The minimum Gasteiger partial charge on any atom is -0.0811 e. The Morgan fingerprint density at radius 1 is 1.60 bits per heavy atom. The molecule has 0 saturated heterocycles. The van der Waals surface area contributed by atoms with Crippen LogP contribution in [0, 0.1) is 0 Å². The average molecular weight is 152 g/mol. The molecule has 1 aliphatic rings. The van der Waals surface area contributed by atoms with Gasteiger partial charge in [-0.05, 0) is 18.4 Å². The summed E-state index contributed by atoms with van der Waals surface area (Å²) < 4.78 is 0. The number of rotatable bonds is 3. The molecule has 0 aromatic rings. The van der Waals surface area contributed by atoms with E-state index in [4.69, 9.17) is 0 Å². The van der Waals surface area contributed by atoms with Crippen molar-refractivity contribution >= 4 is 10.2 Å². The fourth-order valence-corrected chi connectivity index (χ4v) is 2.02. The molecule has 1 rings (SSSR count).